The van der Waals surface area contributed by atoms with Crippen LogP contribution >= 0.6 is 11.3 Å². The summed E-state index contributed by atoms with van der Waals surface area (Å²) in [6.45, 7) is 0. The summed E-state index contributed by atoms with van der Waals surface area (Å²) >= 11 is 1.17. The number of nitrogens with one attached hydrogen (secondary N) is 1. The maximum absolute atomic E-state index is 12.7. The third-order valence-corrected chi connectivity index (χ3v) is 4.39. The van der Waals surface area contributed by atoms with Gasteiger partial charge in [-0.15, -0.1) is 24.5 Å². The molecular weight excluding hydrogens is 395 g/mol. The Morgan fingerprint density at radius 3 is 2.71 bits per heavy atom. The molecule has 4 aromatic rings. The van der Waals surface area contributed by atoms with E-state index in [0.717, 1.165) is 0 Å². The lowest BCUT2D eigenvalue weighted by Crippen LogP contribution is -2.17. The number of carbonyl (C=O) groups is 1. The zero-order valence-corrected chi connectivity index (χ0v) is 14.7. The number of imidazole rings is 1. The Labute approximate surface area is 159 Å². The van der Waals surface area contributed by atoms with Gasteiger partial charge in [-0.1, -0.05) is 12.1 Å². The zero-order chi connectivity index (χ0) is 19.7. The number of alkyl halides is 3. The van der Waals surface area contributed by atoms with Crippen LogP contribution in [0.1, 0.15) is 9.80 Å². The molecule has 0 saturated carbocycles. The Balaban J connectivity index is 1.72. The van der Waals surface area contributed by atoms with E-state index in [0.29, 0.717) is 5.65 Å². The van der Waals surface area contributed by atoms with Gasteiger partial charge in [-0.2, -0.15) is 9.61 Å². The van der Waals surface area contributed by atoms with E-state index in [1.54, 1.807) is 17.5 Å². The number of hydrogen-bond acceptors (Lipinski definition) is 6. The Kier molecular flexibility index (Phi) is 4.43. The molecule has 28 heavy (non-hydrogen) atoms. The van der Waals surface area contributed by atoms with E-state index < -0.39 is 12.3 Å². The van der Waals surface area contributed by atoms with Crippen molar-refractivity contribution < 1.29 is 22.7 Å². The van der Waals surface area contributed by atoms with Crippen LogP contribution in [0.5, 0.6) is 5.75 Å². The molecule has 0 spiro atoms. The number of anilines is 1. The first kappa shape index (κ1) is 17.9. The smallest absolute Gasteiger partial charge is 0.405 e. The van der Waals surface area contributed by atoms with Gasteiger partial charge in [0, 0.05) is 17.1 Å². The SMILES string of the molecule is O=C(Nc1cnc2ccc(-c3ccccc3OC(F)(F)F)nn12)c1nccs1. The van der Waals surface area contributed by atoms with Gasteiger partial charge in [0.1, 0.15) is 5.75 Å². The highest BCUT2D eigenvalue weighted by Gasteiger charge is 2.32. The van der Waals surface area contributed by atoms with Gasteiger partial charge in [0.25, 0.3) is 5.91 Å². The number of fused-ring (bicyclic) bond motifs is 1. The van der Waals surface area contributed by atoms with Crippen LogP contribution in [0.25, 0.3) is 16.9 Å². The highest BCUT2D eigenvalue weighted by atomic mass is 32.1. The molecule has 0 aliphatic rings. The summed E-state index contributed by atoms with van der Waals surface area (Å²) in [5.41, 5.74) is 0.773. The fourth-order valence-corrected chi connectivity index (χ4v) is 3.03. The van der Waals surface area contributed by atoms with Crippen molar-refractivity contribution in [3.8, 4) is 17.0 Å². The number of ether oxygens (including phenoxy) is 1. The summed E-state index contributed by atoms with van der Waals surface area (Å²) in [7, 11) is 0. The van der Waals surface area contributed by atoms with Crippen LogP contribution in [0.3, 0.4) is 0 Å². The van der Waals surface area contributed by atoms with E-state index in [1.165, 1.54) is 52.5 Å². The normalized spacial score (nSPS) is 11.5. The number of benzene rings is 1. The molecule has 0 radical (unpaired) electrons. The Morgan fingerprint density at radius 2 is 1.96 bits per heavy atom. The fraction of sp³-hybridized carbons (Fsp3) is 0.0588. The molecule has 3 aromatic heterocycles. The van der Waals surface area contributed by atoms with Crippen LogP contribution in [0, 0.1) is 0 Å². The number of aromatic nitrogens is 4. The second kappa shape index (κ2) is 6.93. The van der Waals surface area contributed by atoms with E-state index in [1.807, 2.05) is 0 Å². The van der Waals surface area contributed by atoms with Gasteiger partial charge in [-0.05, 0) is 24.3 Å². The van der Waals surface area contributed by atoms with Crippen LogP contribution in [0.2, 0.25) is 0 Å². The lowest BCUT2D eigenvalue weighted by molar-refractivity contribution is -0.274. The number of hydrogen-bond donors (Lipinski definition) is 1. The van der Waals surface area contributed by atoms with Gasteiger partial charge in [0.15, 0.2) is 16.5 Å². The van der Waals surface area contributed by atoms with Crippen molar-refractivity contribution in [1.82, 2.24) is 19.6 Å². The van der Waals surface area contributed by atoms with Crippen molar-refractivity contribution >= 4 is 28.7 Å². The fourth-order valence-electron chi connectivity index (χ4n) is 2.50. The van der Waals surface area contributed by atoms with E-state index in [2.05, 4.69) is 25.1 Å². The summed E-state index contributed by atoms with van der Waals surface area (Å²) < 4.78 is 43.4. The van der Waals surface area contributed by atoms with Gasteiger partial charge >= 0.3 is 6.36 Å². The highest BCUT2D eigenvalue weighted by Crippen LogP contribution is 2.32. The number of rotatable bonds is 4. The van der Waals surface area contributed by atoms with E-state index >= 15 is 0 Å². The molecule has 11 heteroatoms. The van der Waals surface area contributed by atoms with E-state index in [-0.39, 0.29) is 27.8 Å². The number of amides is 1. The molecule has 0 bridgehead atoms. The minimum absolute atomic E-state index is 0.146. The van der Waals surface area contributed by atoms with Gasteiger partial charge in [-0.3, -0.25) is 4.79 Å². The number of para-hydroxylation sites is 1. The van der Waals surface area contributed by atoms with Gasteiger partial charge < -0.3 is 10.1 Å². The Bertz CT molecular complexity index is 1140. The molecule has 1 aromatic carbocycles. The number of thiazole rings is 1. The second-order valence-electron chi connectivity index (χ2n) is 5.47. The van der Waals surface area contributed by atoms with Crippen LogP contribution < -0.4 is 10.1 Å². The maximum atomic E-state index is 12.7. The molecule has 142 valence electrons. The lowest BCUT2D eigenvalue weighted by Gasteiger charge is -2.13. The summed E-state index contributed by atoms with van der Waals surface area (Å²) in [6, 6.07) is 8.76. The molecule has 4 rings (SSSR count). The summed E-state index contributed by atoms with van der Waals surface area (Å²) in [6.07, 6.45) is -1.93. The van der Waals surface area contributed by atoms with Crippen molar-refractivity contribution in [2.45, 2.75) is 6.36 Å². The number of halogens is 3. The van der Waals surface area contributed by atoms with Crippen molar-refractivity contribution in [3.05, 3.63) is 59.2 Å². The summed E-state index contributed by atoms with van der Waals surface area (Å²) in [5.74, 6) is -0.564. The van der Waals surface area contributed by atoms with Crippen molar-refractivity contribution in [2.24, 2.45) is 0 Å². The minimum Gasteiger partial charge on any atom is -0.405 e. The molecule has 3 heterocycles. The molecule has 7 nitrogen and oxygen atoms in total. The molecule has 0 unspecified atom stereocenters. The average Bonchev–Trinajstić information content (AvgIpc) is 3.31. The quantitative estimate of drug-likeness (QED) is 0.555. The Hall–Kier alpha value is -3.47. The third-order valence-electron chi connectivity index (χ3n) is 3.62. The summed E-state index contributed by atoms with van der Waals surface area (Å²) in [4.78, 5) is 20.3. The van der Waals surface area contributed by atoms with Crippen LogP contribution in [0.15, 0.2) is 54.2 Å². The van der Waals surface area contributed by atoms with Crippen LogP contribution in [0.4, 0.5) is 19.0 Å². The average molecular weight is 405 g/mol. The Morgan fingerprint density at radius 1 is 1.14 bits per heavy atom. The molecule has 0 saturated heterocycles. The van der Waals surface area contributed by atoms with Crippen molar-refractivity contribution in [1.29, 1.82) is 0 Å². The minimum atomic E-state index is -4.83. The van der Waals surface area contributed by atoms with Crippen molar-refractivity contribution in [2.75, 3.05) is 5.32 Å². The topological polar surface area (TPSA) is 81.4 Å². The molecule has 1 N–H and O–H groups in total. The maximum Gasteiger partial charge on any atom is 0.573 e. The first-order valence-corrected chi connectivity index (χ1v) is 8.69. The standard InChI is InChI=1S/C17H10F3N5O2S/c18-17(19,20)27-12-4-2-1-3-10(12)11-5-6-13-22-9-14(25(13)24-11)23-15(26)16-21-7-8-28-16/h1-9H,(H,23,26). The predicted molar refractivity (Wildman–Crippen MR) is 95.2 cm³/mol. The van der Waals surface area contributed by atoms with Crippen LogP contribution in [-0.4, -0.2) is 31.9 Å². The van der Waals surface area contributed by atoms with Gasteiger partial charge in [-0.25, -0.2) is 9.97 Å². The van der Waals surface area contributed by atoms with Crippen LogP contribution in [-0.2, 0) is 0 Å². The summed E-state index contributed by atoms with van der Waals surface area (Å²) in [5, 5.41) is 8.86. The predicted octanol–water partition coefficient (Wildman–Crippen LogP) is 4.00. The molecule has 1 amide bonds. The van der Waals surface area contributed by atoms with Crippen molar-refractivity contribution in [3.63, 3.8) is 0 Å². The van der Waals surface area contributed by atoms with E-state index in [9.17, 15) is 18.0 Å². The van der Waals surface area contributed by atoms with Gasteiger partial charge in [0.2, 0.25) is 0 Å². The third kappa shape index (κ3) is 3.64. The number of carbonyl (C=O) groups excluding carboxylic acids is 1. The molecule has 0 fully saturated rings. The monoisotopic (exact) mass is 405 g/mol. The van der Waals surface area contributed by atoms with Gasteiger partial charge in [0.05, 0.1) is 11.9 Å². The molecule has 0 aliphatic heterocycles. The lowest BCUT2D eigenvalue weighted by atomic mass is 10.1. The largest absolute Gasteiger partial charge is 0.573 e. The first-order valence-electron chi connectivity index (χ1n) is 7.81. The highest BCUT2D eigenvalue weighted by molar-refractivity contribution is 7.11. The number of nitrogens with zero attached hydrogens (tertiary/aromatic N) is 4. The second-order valence-corrected chi connectivity index (χ2v) is 6.36. The first-order chi connectivity index (χ1) is 13.4. The molecular formula is C17H10F3N5O2S. The molecule has 0 aliphatic carbocycles. The molecule has 0 atom stereocenters. The zero-order valence-electron chi connectivity index (χ0n) is 13.8. The van der Waals surface area contributed by atoms with E-state index in [4.69, 9.17) is 0 Å².